The van der Waals surface area contributed by atoms with Gasteiger partial charge in [0.1, 0.15) is 0 Å². The molecule has 0 rings (SSSR count). The maximum atomic E-state index is 2.24. The molecule has 0 aliphatic heterocycles. The minimum absolute atomic E-state index is 0.668. The molecule has 0 spiro atoms. The summed E-state index contributed by atoms with van der Waals surface area (Å²) in [5.41, 5.74) is 2.91. The molecule has 0 aromatic carbocycles. The number of hydrogen-bond acceptors (Lipinski definition) is 0. The first-order chi connectivity index (χ1) is 5.45. The van der Waals surface area contributed by atoms with Crippen LogP contribution in [0.1, 0.15) is 41.5 Å². The Labute approximate surface area is 77.4 Å². The van der Waals surface area contributed by atoms with Gasteiger partial charge in [-0.2, -0.15) is 0 Å². The molecule has 0 amide bonds. The van der Waals surface area contributed by atoms with Crippen LogP contribution < -0.4 is 0 Å². The molecule has 0 aliphatic rings. The summed E-state index contributed by atoms with van der Waals surface area (Å²) in [6.07, 6.45) is 4.47. The Bertz CT molecular complexity index is 158. The van der Waals surface area contributed by atoms with E-state index in [2.05, 4.69) is 53.7 Å². The van der Waals surface area contributed by atoms with Crippen molar-refractivity contribution in [2.24, 2.45) is 11.8 Å². The fraction of sp³-hybridized carbons (Fsp3) is 0.667. The molecule has 70 valence electrons. The molecule has 0 aromatic rings. The molecule has 0 heteroatoms. The highest BCUT2D eigenvalue weighted by molar-refractivity contribution is 5.17. The zero-order valence-electron chi connectivity index (χ0n) is 9.31. The molecule has 0 radical (unpaired) electrons. The molecular weight excluding hydrogens is 144 g/mol. The van der Waals surface area contributed by atoms with Crippen molar-refractivity contribution in [1.29, 1.82) is 0 Å². The molecule has 12 heavy (non-hydrogen) atoms. The van der Waals surface area contributed by atoms with Crippen molar-refractivity contribution in [1.82, 2.24) is 0 Å². The zero-order valence-corrected chi connectivity index (χ0v) is 9.31. The molecule has 0 fully saturated rings. The smallest absolute Gasteiger partial charge is 0.0260 e. The number of hydrogen-bond donors (Lipinski definition) is 0. The molecule has 0 N–H and O–H groups in total. The standard InChI is InChI=1S/C12H22/c1-9(2)11(5)7-8-12(6)10(3)4/h7-10H,1-6H3. The van der Waals surface area contributed by atoms with E-state index >= 15 is 0 Å². The fourth-order valence-corrected chi connectivity index (χ4v) is 0.648. The van der Waals surface area contributed by atoms with E-state index in [1.165, 1.54) is 11.1 Å². The molecular formula is C12H22. The molecule has 0 saturated carbocycles. The summed E-state index contributed by atoms with van der Waals surface area (Å²) in [6.45, 7) is 13.3. The third-order valence-electron chi connectivity index (χ3n) is 2.43. The van der Waals surface area contributed by atoms with Crippen LogP contribution in [0.4, 0.5) is 0 Å². The molecule has 0 aliphatic carbocycles. The van der Waals surface area contributed by atoms with Crippen LogP contribution in [-0.2, 0) is 0 Å². The largest absolute Gasteiger partial charge is 0.0708 e. The van der Waals surface area contributed by atoms with Gasteiger partial charge < -0.3 is 0 Å². The van der Waals surface area contributed by atoms with E-state index in [9.17, 15) is 0 Å². The van der Waals surface area contributed by atoms with Crippen molar-refractivity contribution >= 4 is 0 Å². The average Bonchev–Trinajstić information content (AvgIpc) is 1.98. The third-order valence-corrected chi connectivity index (χ3v) is 2.43. The minimum Gasteiger partial charge on any atom is -0.0708 e. The first kappa shape index (κ1) is 11.5. The second-order valence-electron chi connectivity index (χ2n) is 4.13. The number of allylic oxidation sites excluding steroid dienone is 4. The highest BCUT2D eigenvalue weighted by atomic mass is 14.0. The van der Waals surface area contributed by atoms with E-state index in [4.69, 9.17) is 0 Å². The summed E-state index contributed by atoms with van der Waals surface area (Å²) < 4.78 is 0. The van der Waals surface area contributed by atoms with E-state index in [-0.39, 0.29) is 0 Å². The average molecular weight is 166 g/mol. The topological polar surface area (TPSA) is 0 Å². The van der Waals surface area contributed by atoms with Gasteiger partial charge in [-0.25, -0.2) is 0 Å². The van der Waals surface area contributed by atoms with Crippen LogP contribution in [-0.4, -0.2) is 0 Å². The van der Waals surface area contributed by atoms with Crippen molar-refractivity contribution < 1.29 is 0 Å². The van der Waals surface area contributed by atoms with Crippen LogP contribution in [0.25, 0.3) is 0 Å². The van der Waals surface area contributed by atoms with E-state index < -0.39 is 0 Å². The van der Waals surface area contributed by atoms with Crippen LogP contribution in [0.3, 0.4) is 0 Å². The Hall–Kier alpha value is -0.520. The summed E-state index contributed by atoms with van der Waals surface area (Å²) >= 11 is 0. The second kappa shape index (κ2) is 5.18. The molecule has 0 bridgehead atoms. The van der Waals surface area contributed by atoms with E-state index in [0.29, 0.717) is 11.8 Å². The van der Waals surface area contributed by atoms with Crippen LogP contribution in [0, 0.1) is 11.8 Å². The molecule has 0 unspecified atom stereocenters. The Balaban J connectivity index is 4.27. The van der Waals surface area contributed by atoms with Gasteiger partial charge >= 0.3 is 0 Å². The zero-order chi connectivity index (χ0) is 9.72. The number of rotatable bonds is 3. The highest BCUT2D eigenvalue weighted by Crippen LogP contribution is 2.12. The van der Waals surface area contributed by atoms with Crippen LogP contribution in [0.5, 0.6) is 0 Å². The highest BCUT2D eigenvalue weighted by Gasteiger charge is 1.96. The SMILES string of the molecule is CC(=CC=C(C)C(C)C)C(C)C. The Kier molecular flexibility index (Phi) is 4.96. The van der Waals surface area contributed by atoms with Gasteiger partial charge in [0.2, 0.25) is 0 Å². The minimum atomic E-state index is 0.668. The monoisotopic (exact) mass is 166 g/mol. The molecule has 0 atom stereocenters. The molecule has 0 aromatic heterocycles. The van der Waals surface area contributed by atoms with Crippen molar-refractivity contribution in [3.05, 3.63) is 23.3 Å². The van der Waals surface area contributed by atoms with Gasteiger partial charge in [0.05, 0.1) is 0 Å². The quantitative estimate of drug-likeness (QED) is 0.551. The first-order valence-corrected chi connectivity index (χ1v) is 4.80. The van der Waals surface area contributed by atoms with Crippen molar-refractivity contribution in [3.63, 3.8) is 0 Å². The van der Waals surface area contributed by atoms with E-state index in [0.717, 1.165) is 0 Å². The van der Waals surface area contributed by atoms with Crippen LogP contribution >= 0.6 is 0 Å². The summed E-state index contributed by atoms with van der Waals surface area (Å²) in [5.74, 6) is 1.34. The molecule has 0 saturated heterocycles. The Morgan fingerprint density at radius 1 is 0.750 bits per heavy atom. The predicted molar refractivity (Wildman–Crippen MR) is 57.2 cm³/mol. The van der Waals surface area contributed by atoms with Crippen LogP contribution in [0.15, 0.2) is 23.3 Å². The van der Waals surface area contributed by atoms with Crippen molar-refractivity contribution in [2.45, 2.75) is 41.5 Å². The van der Waals surface area contributed by atoms with Crippen LogP contribution in [0.2, 0.25) is 0 Å². The molecule has 0 heterocycles. The lowest BCUT2D eigenvalue weighted by Crippen LogP contribution is -1.90. The van der Waals surface area contributed by atoms with Gasteiger partial charge in [0, 0.05) is 0 Å². The maximum absolute atomic E-state index is 2.24. The van der Waals surface area contributed by atoms with Gasteiger partial charge in [-0.15, -0.1) is 0 Å². The predicted octanol–water partition coefficient (Wildman–Crippen LogP) is 4.19. The molecule has 0 nitrogen and oxygen atoms in total. The lowest BCUT2D eigenvalue weighted by molar-refractivity contribution is 0.760. The first-order valence-electron chi connectivity index (χ1n) is 4.80. The van der Waals surface area contributed by atoms with Gasteiger partial charge in [-0.3, -0.25) is 0 Å². The summed E-state index contributed by atoms with van der Waals surface area (Å²) in [4.78, 5) is 0. The fourth-order valence-electron chi connectivity index (χ4n) is 0.648. The summed E-state index contributed by atoms with van der Waals surface area (Å²) in [6, 6.07) is 0. The Morgan fingerprint density at radius 2 is 1.00 bits per heavy atom. The van der Waals surface area contributed by atoms with Gasteiger partial charge in [-0.1, -0.05) is 51.0 Å². The van der Waals surface area contributed by atoms with Gasteiger partial charge in [-0.05, 0) is 25.7 Å². The Morgan fingerprint density at radius 3 is 1.17 bits per heavy atom. The van der Waals surface area contributed by atoms with E-state index in [1.54, 1.807) is 0 Å². The van der Waals surface area contributed by atoms with Gasteiger partial charge in [0.15, 0.2) is 0 Å². The van der Waals surface area contributed by atoms with E-state index in [1.807, 2.05) is 0 Å². The normalized spacial score (nSPS) is 14.7. The van der Waals surface area contributed by atoms with Gasteiger partial charge in [0.25, 0.3) is 0 Å². The van der Waals surface area contributed by atoms with Crippen molar-refractivity contribution in [2.75, 3.05) is 0 Å². The second-order valence-corrected chi connectivity index (χ2v) is 4.13. The lowest BCUT2D eigenvalue weighted by atomic mass is 10.0. The van der Waals surface area contributed by atoms with Crippen molar-refractivity contribution in [3.8, 4) is 0 Å². The lowest BCUT2D eigenvalue weighted by Gasteiger charge is -2.05. The maximum Gasteiger partial charge on any atom is -0.0260 e. The third kappa shape index (κ3) is 4.38. The summed E-state index contributed by atoms with van der Waals surface area (Å²) in [7, 11) is 0. The summed E-state index contributed by atoms with van der Waals surface area (Å²) in [5, 5.41) is 0.